The van der Waals surface area contributed by atoms with Crippen LogP contribution in [0.3, 0.4) is 0 Å². The number of halogens is 2. The highest BCUT2D eigenvalue weighted by molar-refractivity contribution is 5.35. The number of aliphatic hydroxyl groups is 1. The summed E-state index contributed by atoms with van der Waals surface area (Å²) >= 11 is 0. The number of aliphatic hydroxyl groups excluding tert-OH is 1. The average Bonchev–Trinajstić information content (AvgIpc) is 2.11. The Morgan fingerprint density at radius 1 is 1.29 bits per heavy atom. The molecule has 0 spiro atoms. The van der Waals surface area contributed by atoms with Crippen molar-refractivity contribution in [2.45, 2.75) is 12.5 Å². The van der Waals surface area contributed by atoms with E-state index in [1.165, 1.54) is 0 Å². The lowest BCUT2D eigenvalue weighted by molar-refractivity contribution is 0.166. The third-order valence-electron chi connectivity index (χ3n) is 1.87. The molecule has 1 atom stereocenters. The van der Waals surface area contributed by atoms with E-state index in [4.69, 9.17) is 5.73 Å². The second-order valence-corrected chi connectivity index (χ2v) is 2.92. The largest absolute Gasteiger partial charge is 0.507 e. The number of nitrogens with two attached hydrogens (primary N) is 1. The Labute approximate surface area is 79.8 Å². The molecule has 1 aromatic carbocycles. The summed E-state index contributed by atoms with van der Waals surface area (Å²) < 4.78 is 25.3. The van der Waals surface area contributed by atoms with Gasteiger partial charge in [-0.05, 0) is 19.0 Å². The Morgan fingerprint density at radius 2 is 1.86 bits per heavy atom. The van der Waals surface area contributed by atoms with Crippen LogP contribution >= 0.6 is 0 Å². The van der Waals surface area contributed by atoms with Crippen LogP contribution < -0.4 is 5.73 Å². The predicted molar refractivity (Wildman–Crippen MR) is 46.7 cm³/mol. The summed E-state index contributed by atoms with van der Waals surface area (Å²) in [6, 6.07) is 1.40. The van der Waals surface area contributed by atoms with Gasteiger partial charge in [0, 0.05) is 11.6 Å². The zero-order valence-electron chi connectivity index (χ0n) is 7.37. The quantitative estimate of drug-likeness (QED) is 0.688. The molecule has 5 heteroatoms. The molecule has 0 saturated carbocycles. The van der Waals surface area contributed by atoms with Gasteiger partial charge in [-0.3, -0.25) is 0 Å². The van der Waals surface area contributed by atoms with Crippen molar-refractivity contribution in [2.24, 2.45) is 5.73 Å². The van der Waals surface area contributed by atoms with Crippen LogP contribution in [0, 0.1) is 11.6 Å². The zero-order chi connectivity index (χ0) is 10.7. The second-order valence-electron chi connectivity index (χ2n) is 2.92. The summed E-state index contributed by atoms with van der Waals surface area (Å²) in [6.07, 6.45) is -0.895. The molecule has 1 aromatic rings. The van der Waals surface area contributed by atoms with E-state index < -0.39 is 23.5 Å². The van der Waals surface area contributed by atoms with Gasteiger partial charge in [0.2, 0.25) is 0 Å². The predicted octanol–water partition coefficient (Wildman–Crippen LogP) is 1.05. The molecule has 3 nitrogen and oxygen atoms in total. The van der Waals surface area contributed by atoms with E-state index in [-0.39, 0.29) is 18.5 Å². The van der Waals surface area contributed by atoms with Crippen LogP contribution in [0.15, 0.2) is 12.1 Å². The molecule has 78 valence electrons. The lowest BCUT2D eigenvalue weighted by Crippen LogP contribution is -2.07. The van der Waals surface area contributed by atoms with Gasteiger partial charge in [-0.25, -0.2) is 8.78 Å². The van der Waals surface area contributed by atoms with Gasteiger partial charge in [-0.2, -0.15) is 0 Å². The molecule has 0 aliphatic rings. The van der Waals surface area contributed by atoms with E-state index in [0.29, 0.717) is 6.07 Å². The van der Waals surface area contributed by atoms with E-state index in [1.807, 2.05) is 0 Å². The van der Waals surface area contributed by atoms with Crippen LogP contribution in [0.5, 0.6) is 5.75 Å². The highest BCUT2D eigenvalue weighted by Crippen LogP contribution is 2.28. The maximum Gasteiger partial charge on any atom is 0.162 e. The number of aromatic hydroxyl groups is 1. The minimum Gasteiger partial charge on any atom is -0.507 e. The first-order chi connectivity index (χ1) is 6.56. The van der Waals surface area contributed by atoms with Gasteiger partial charge in [0.25, 0.3) is 0 Å². The minimum atomic E-state index is -1.15. The van der Waals surface area contributed by atoms with Crippen molar-refractivity contribution in [3.05, 3.63) is 29.3 Å². The molecule has 0 aromatic heterocycles. The third-order valence-corrected chi connectivity index (χ3v) is 1.87. The fraction of sp³-hybridized carbons (Fsp3) is 0.333. The summed E-state index contributed by atoms with van der Waals surface area (Å²) in [6.45, 7) is 0.194. The van der Waals surface area contributed by atoms with Crippen molar-refractivity contribution in [3.8, 4) is 5.75 Å². The van der Waals surface area contributed by atoms with Gasteiger partial charge in [0.15, 0.2) is 11.6 Å². The van der Waals surface area contributed by atoms with E-state index in [1.54, 1.807) is 0 Å². The van der Waals surface area contributed by atoms with Crippen molar-refractivity contribution >= 4 is 0 Å². The summed E-state index contributed by atoms with van der Waals surface area (Å²) in [5.74, 6) is -2.72. The smallest absolute Gasteiger partial charge is 0.162 e. The maximum absolute atomic E-state index is 12.7. The summed E-state index contributed by atoms with van der Waals surface area (Å²) in [5.41, 5.74) is 5.13. The van der Waals surface area contributed by atoms with Crippen molar-refractivity contribution in [2.75, 3.05) is 6.54 Å². The molecule has 0 amide bonds. The van der Waals surface area contributed by atoms with Gasteiger partial charge < -0.3 is 15.9 Å². The fourth-order valence-corrected chi connectivity index (χ4v) is 1.13. The van der Waals surface area contributed by atoms with Crippen molar-refractivity contribution in [1.82, 2.24) is 0 Å². The van der Waals surface area contributed by atoms with Crippen molar-refractivity contribution in [3.63, 3.8) is 0 Å². The van der Waals surface area contributed by atoms with Crippen LogP contribution in [0.25, 0.3) is 0 Å². The highest BCUT2D eigenvalue weighted by atomic mass is 19.2. The third kappa shape index (κ3) is 2.18. The monoisotopic (exact) mass is 203 g/mol. The number of phenolic OH excluding ortho intramolecular Hbond substituents is 1. The van der Waals surface area contributed by atoms with Crippen LogP contribution in [0.2, 0.25) is 0 Å². The average molecular weight is 203 g/mol. The fourth-order valence-electron chi connectivity index (χ4n) is 1.13. The van der Waals surface area contributed by atoms with E-state index in [2.05, 4.69) is 0 Å². The van der Waals surface area contributed by atoms with Gasteiger partial charge in [0.1, 0.15) is 5.75 Å². The molecule has 0 aliphatic carbocycles. The Morgan fingerprint density at radius 3 is 2.43 bits per heavy atom. The standard InChI is InChI=1S/C9H11F2NO2/c10-6-3-5(8(13)1-2-12)9(14)4-7(6)11/h3-4,8,13-14H,1-2,12H2. The lowest BCUT2D eigenvalue weighted by Gasteiger charge is -2.11. The minimum absolute atomic E-state index is 0.0469. The molecular weight excluding hydrogens is 192 g/mol. The first kappa shape index (κ1) is 10.9. The number of hydrogen-bond donors (Lipinski definition) is 3. The van der Waals surface area contributed by atoms with Crippen LogP contribution in [-0.2, 0) is 0 Å². The molecule has 0 heterocycles. The topological polar surface area (TPSA) is 66.5 Å². The SMILES string of the molecule is NCCC(O)c1cc(F)c(F)cc1O. The van der Waals surface area contributed by atoms with Crippen LogP contribution in [-0.4, -0.2) is 16.8 Å². The molecule has 4 N–H and O–H groups in total. The number of hydrogen-bond acceptors (Lipinski definition) is 3. The second kappa shape index (κ2) is 4.34. The Kier molecular flexibility index (Phi) is 3.38. The first-order valence-corrected chi connectivity index (χ1v) is 4.12. The Balaban J connectivity index is 3.02. The normalized spacial score (nSPS) is 12.9. The van der Waals surface area contributed by atoms with Crippen LogP contribution in [0.4, 0.5) is 8.78 Å². The molecule has 0 bridgehead atoms. The van der Waals surface area contributed by atoms with Gasteiger partial charge in [-0.1, -0.05) is 0 Å². The number of rotatable bonds is 3. The molecule has 0 aliphatic heterocycles. The number of benzene rings is 1. The maximum atomic E-state index is 12.7. The summed E-state index contributed by atoms with van der Waals surface area (Å²) in [4.78, 5) is 0. The summed E-state index contributed by atoms with van der Waals surface area (Å²) in [7, 11) is 0. The molecule has 0 radical (unpaired) electrons. The number of phenols is 1. The van der Waals surface area contributed by atoms with E-state index in [0.717, 1.165) is 6.07 Å². The highest BCUT2D eigenvalue weighted by Gasteiger charge is 2.15. The zero-order valence-corrected chi connectivity index (χ0v) is 7.37. The van der Waals surface area contributed by atoms with Gasteiger partial charge in [-0.15, -0.1) is 0 Å². The molecule has 0 saturated heterocycles. The van der Waals surface area contributed by atoms with Crippen molar-refractivity contribution < 1.29 is 19.0 Å². The van der Waals surface area contributed by atoms with Crippen LogP contribution in [0.1, 0.15) is 18.1 Å². The summed E-state index contributed by atoms with van der Waals surface area (Å²) in [5, 5.41) is 18.6. The molecule has 0 fully saturated rings. The molecule has 1 unspecified atom stereocenters. The molecule has 1 rings (SSSR count). The van der Waals surface area contributed by atoms with E-state index in [9.17, 15) is 19.0 Å². The molecular formula is C9H11F2NO2. The van der Waals surface area contributed by atoms with Gasteiger partial charge >= 0.3 is 0 Å². The van der Waals surface area contributed by atoms with E-state index >= 15 is 0 Å². The van der Waals surface area contributed by atoms with Crippen molar-refractivity contribution in [1.29, 1.82) is 0 Å². The first-order valence-electron chi connectivity index (χ1n) is 4.12. The Hall–Kier alpha value is -1.20. The van der Waals surface area contributed by atoms with Gasteiger partial charge in [0.05, 0.1) is 6.10 Å². The molecule has 14 heavy (non-hydrogen) atoms. The Bertz CT molecular complexity index is 331. The lowest BCUT2D eigenvalue weighted by atomic mass is 10.1.